The van der Waals surface area contributed by atoms with Gasteiger partial charge in [-0.3, -0.25) is 9.82 Å². The number of nitrogens with zero attached hydrogens (tertiary/aromatic N) is 1. The average Bonchev–Trinajstić information content (AvgIpc) is 2.79. The summed E-state index contributed by atoms with van der Waals surface area (Å²) in [6.07, 6.45) is 0.767. The molecule has 0 saturated carbocycles. The third-order valence-corrected chi connectivity index (χ3v) is 3.65. The van der Waals surface area contributed by atoms with E-state index in [-0.39, 0.29) is 6.07 Å². The molecular formula is C9H6F4N4O2S. The lowest BCUT2D eigenvalue weighted by Gasteiger charge is -2.10. The van der Waals surface area contributed by atoms with Crippen molar-refractivity contribution < 1.29 is 26.0 Å². The summed E-state index contributed by atoms with van der Waals surface area (Å²) in [5.41, 5.74) is 3.76. The molecule has 0 atom stereocenters. The van der Waals surface area contributed by atoms with Crippen LogP contribution in [0.4, 0.5) is 29.1 Å². The average molecular weight is 310 g/mol. The standard InChI is InChI=1S/C9H6F4N4O2S/c10-3-1-4(11)7(13)8(6(3)12)17-20(18,19)5-2-15-16-9(5)14/h1-2,17H,(H3,14,15,16). The Morgan fingerprint density at radius 1 is 1.15 bits per heavy atom. The monoisotopic (exact) mass is 310 g/mol. The van der Waals surface area contributed by atoms with Crippen LogP contribution < -0.4 is 10.5 Å². The smallest absolute Gasteiger partial charge is 0.267 e. The van der Waals surface area contributed by atoms with E-state index >= 15 is 0 Å². The van der Waals surface area contributed by atoms with Gasteiger partial charge in [-0.2, -0.15) is 5.10 Å². The van der Waals surface area contributed by atoms with Crippen LogP contribution in [0.25, 0.3) is 0 Å². The number of hydrogen-bond acceptors (Lipinski definition) is 4. The highest BCUT2D eigenvalue weighted by Crippen LogP contribution is 2.27. The van der Waals surface area contributed by atoms with Crippen molar-refractivity contribution in [2.45, 2.75) is 4.90 Å². The second kappa shape index (κ2) is 4.67. The van der Waals surface area contributed by atoms with Gasteiger partial charge in [0.25, 0.3) is 10.0 Å². The molecule has 0 radical (unpaired) electrons. The summed E-state index contributed by atoms with van der Waals surface area (Å²) in [5.74, 6) is -7.66. The van der Waals surface area contributed by atoms with E-state index in [9.17, 15) is 26.0 Å². The number of H-pyrrole nitrogens is 1. The molecule has 0 bridgehead atoms. The SMILES string of the molecule is Nc1[nH]ncc1S(=O)(=O)Nc1c(F)c(F)cc(F)c1F. The zero-order chi connectivity index (χ0) is 15.1. The molecule has 2 aromatic rings. The van der Waals surface area contributed by atoms with Crippen molar-refractivity contribution in [3.05, 3.63) is 35.5 Å². The fraction of sp³-hybridized carbons (Fsp3) is 0. The first-order valence-corrected chi connectivity index (χ1v) is 6.37. The number of nitrogens with two attached hydrogens (primary N) is 1. The Morgan fingerprint density at radius 2 is 1.70 bits per heavy atom. The molecule has 1 heterocycles. The Kier molecular flexibility index (Phi) is 3.29. The van der Waals surface area contributed by atoms with Crippen LogP contribution in [0.1, 0.15) is 0 Å². The second-order valence-electron chi connectivity index (χ2n) is 3.60. The van der Waals surface area contributed by atoms with Crippen molar-refractivity contribution in [1.29, 1.82) is 0 Å². The van der Waals surface area contributed by atoms with Crippen LogP contribution in [-0.2, 0) is 10.0 Å². The number of rotatable bonds is 3. The van der Waals surface area contributed by atoms with Crippen LogP contribution in [0.5, 0.6) is 0 Å². The molecule has 20 heavy (non-hydrogen) atoms. The van der Waals surface area contributed by atoms with E-state index < -0.39 is 49.7 Å². The number of anilines is 2. The molecular weight excluding hydrogens is 304 g/mol. The Bertz CT molecular complexity index is 748. The lowest BCUT2D eigenvalue weighted by Crippen LogP contribution is -2.17. The van der Waals surface area contributed by atoms with Crippen LogP contribution in [0.3, 0.4) is 0 Å². The molecule has 0 spiro atoms. The molecule has 4 N–H and O–H groups in total. The van der Waals surface area contributed by atoms with Gasteiger partial charge >= 0.3 is 0 Å². The van der Waals surface area contributed by atoms with Crippen molar-refractivity contribution >= 4 is 21.5 Å². The van der Waals surface area contributed by atoms with Gasteiger partial charge in [0.2, 0.25) is 0 Å². The molecule has 11 heteroatoms. The minimum atomic E-state index is -4.56. The van der Waals surface area contributed by atoms with E-state index in [4.69, 9.17) is 5.73 Å². The maximum atomic E-state index is 13.4. The molecule has 0 aliphatic heterocycles. The van der Waals surface area contributed by atoms with E-state index in [1.165, 1.54) is 4.72 Å². The lowest BCUT2D eigenvalue weighted by atomic mass is 10.3. The molecule has 0 aliphatic rings. The quantitative estimate of drug-likeness (QED) is 0.588. The molecule has 2 rings (SSSR count). The van der Waals surface area contributed by atoms with Crippen LogP contribution in [0, 0.1) is 23.3 Å². The van der Waals surface area contributed by atoms with E-state index in [1.807, 2.05) is 0 Å². The summed E-state index contributed by atoms with van der Waals surface area (Å²) in [6, 6.07) is -0.0469. The van der Waals surface area contributed by atoms with Crippen LogP contribution in [-0.4, -0.2) is 18.6 Å². The van der Waals surface area contributed by atoms with Crippen LogP contribution in [0.2, 0.25) is 0 Å². The molecule has 0 aliphatic carbocycles. The van der Waals surface area contributed by atoms with E-state index in [0.29, 0.717) is 0 Å². The fourth-order valence-electron chi connectivity index (χ4n) is 1.35. The molecule has 1 aromatic heterocycles. The van der Waals surface area contributed by atoms with E-state index in [1.54, 1.807) is 0 Å². The summed E-state index contributed by atoms with van der Waals surface area (Å²) in [6.45, 7) is 0. The van der Waals surface area contributed by atoms with Gasteiger partial charge in [0.05, 0.1) is 6.20 Å². The highest BCUT2D eigenvalue weighted by Gasteiger charge is 2.26. The summed E-state index contributed by atoms with van der Waals surface area (Å²) >= 11 is 0. The molecule has 0 fully saturated rings. The predicted octanol–water partition coefficient (Wildman–Crippen LogP) is 1.35. The molecule has 0 unspecified atom stereocenters. The Labute approximate surface area is 109 Å². The Balaban J connectivity index is 2.53. The number of hydrogen-bond donors (Lipinski definition) is 3. The number of nitrogens with one attached hydrogen (secondary N) is 2. The number of halogens is 4. The summed E-state index contributed by atoms with van der Waals surface area (Å²) in [7, 11) is -4.56. The normalized spacial score (nSPS) is 11.6. The minimum absolute atomic E-state index is 0.0469. The largest absolute Gasteiger partial charge is 0.383 e. The van der Waals surface area contributed by atoms with Crippen LogP contribution in [0.15, 0.2) is 17.2 Å². The zero-order valence-electron chi connectivity index (χ0n) is 9.42. The van der Waals surface area contributed by atoms with Gasteiger partial charge in [-0.15, -0.1) is 0 Å². The summed E-state index contributed by atoms with van der Waals surface area (Å²) in [5, 5.41) is 5.39. The third-order valence-electron chi connectivity index (χ3n) is 2.27. The van der Waals surface area contributed by atoms with Crippen molar-refractivity contribution in [3.8, 4) is 0 Å². The molecule has 0 saturated heterocycles. The highest BCUT2D eigenvalue weighted by molar-refractivity contribution is 7.92. The number of benzene rings is 1. The first-order valence-electron chi connectivity index (χ1n) is 4.88. The third kappa shape index (κ3) is 2.27. The van der Waals surface area contributed by atoms with E-state index in [0.717, 1.165) is 6.20 Å². The van der Waals surface area contributed by atoms with Crippen molar-refractivity contribution in [2.75, 3.05) is 10.5 Å². The van der Waals surface area contributed by atoms with Crippen LogP contribution >= 0.6 is 0 Å². The highest BCUT2D eigenvalue weighted by atomic mass is 32.2. The Morgan fingerprint density at radius 3 is 2.15 bits per heavy atom. The van der Waals surface area contributed by atoms with Gasteiger partial charge in [0.1, 0.15) is 16.4 Å². The summed E-state index contributed by atoms with van der Waals surface area (Å²) < 4.78 is 77.6. The molecule has 6 nitrogen and oxygen atoms in total. The zero-order valence-corrected chi connectivity index (χ0v) is 10.2. The minimum Gasteiger partial charge on any atom is -0.383 e. The fourth-order valence-corrected chi connectivity index (χ4v) is 2.44. The number of aromatic nitrogens is 2. The summed E-state index contributed by atoms with van der Waals surface area (Å²) in [4.78, 5) is -0.624. The molecule has 1 aromatic carbocycles. The molecule has 108 valence electrons. The number of sulfonamides is 1. The topological polar surface area (TPSA) is 101 Å². The predicted molar refractivity (Wildman–Crippen MR) is 60.1 cm³/mol. The maximum absolute atomic E-state index is 13.4. The van der Waals surface area contributed by atoms with E-state index in [2.05, 4.69) is 10.2 Å². The van der Waals surface area contributed by atoms with Crippen molar-refractivity contribution in [2.24, 2.45) is 0 Å². The first-order chi connectivity index (χ1) is 9.24. The number of nitrogen functional groups attached to an aromatic ring is 1. The lowest BCUT2D eigenvalue weighted by molar-refractivity contribution is 0.459. The van der Waals surface area contributed by atoms with Gasteiger partial charge in [0.15, 0.2) is 23.3 Å². The van der Waals surface area contributed by atoms with Gasteiger partial charge in [-0.05, 0) is 0 Å². The van der Waals surface area contributed by atoms with Crippen molar-refractivity contribution in [1.82, 2.24) is 10.2 Å². The molecule has 0 amide bonds. The van der Waals surface area contributed by atoms with Gasteiger partial charge in [-0.25, -0.2) is 26.0 Å². The Hall–Kier alpha value is -2.30. The van der Waals surface area contributed by atoms with Gasteiger partial charge < -0.3 is 5.73 Å². The second-order valence-corrected chi connectivity index (χ2v) is 5.25. The maximum Gasteiger partial charge on any atom is 0.267 e. The van der Waals surface area contributed by atoms with Crippen molar-refractivity contribution in [3.63, 3.8) is 0 Å². The first kappa shape index (κ1) is 14.1. The number of aromatic amines is 1. The van der Waals surface area contributed by atoms with Gasteiger partial charge in [0, 0.05) is 6.07 Å². The van der Waals surface area contributed by atoms with Gasteiger partial charge in [-0.1, -0.05) is 0 Å².